The molecule has 6 nitrogen and oxygen atoms in total. The van der Waals surface area contributed by atoms with Gasteiger partial charge in [0.15, 0.2) is 0 Å². The lowest BCUT2D eigenvalue weighted by atomic mass is 10.0. The Morgan fingerprint density at radius 1 is 1.48 bits per heavy atom. The molecule has 1 aromatic rings. The monoisotopic (exact) mass is 312 g/mol. The molecular formula is C14H20N2O4S. The average molecular weight is 312 g/mol. The summed E-state index contributed by atoms with van der Waals surface area (Å²) in [4.78, 5) is 12.2. The van der Waals surface area contributed by atoms with Crippen molar-refractivity contribution in [3.8, 4) is 0 Å². The molecule has 116 valence electrons. The number of nitrogens with two attached hydrogens (primary N) is 1. The van der Waals surface area contributed by atoms with Crippen LogP contribution in [0.2, 0.25) is 0 Å². The van der Waals surface area contributed by atoms with Crippen molar-refractivity contribution in [3.63, 3.8) is 0 Å². The van der Waals surface area contributed by atoms with Gasteiger partial charge in [0.2, 0.25) is 10.0 Å². The number of carbonyl (C=O) groups excluding carboxylic acids is 1. The van der Waals surface area contributed by atoms with E-state index in [0.717, 1.165) is 18.6 Å². The Labute approximate surface area is 124 Å². The molecule has 1 aliphatic rings. The third-order valence-electron chi connectivity index (χ3n) is 3.61. The first-order chi connectivity index (χ1) is 9.91. The van der Waals surface area contributed by atoms with Crippen LogP contribution in [0.25, 0.3) is 0 Å². The minimum absolute atomic E-state index is 0.0472. The Morgan fingerprint density at radius 2 is 2.24 bits per heavy atom. The van der Waals surface area contributed by atoms with Crippen molar-refractivity contribution >= 4 is 15.9 Å². The molecule has 21 heavy (non-hydrogen) atoms. The summed E-state index contributed by atoms with van der Waals surface area (Å²) in [7, 11) is -3.81. The van der Waals surface area contributed by atoms with Crippen LogP contribution < -0.4 is 10.5 Å². The third-order valence-corrected chi connectivity index (χ3v) is 4.52. The molecule has 0 bridgehead atoms. The first kappa shape index (κ1) is 15.9. The molecule has 1 amide bonds. The van der Waals surface area contributed by atoms with Crippen LogP contribution in [0, 0.1) is 5.92 Å². The normalized spacial score (nSPS) is 18.7. The highest BCUT2D eigenvalue weighted by atomic mass is 32.2. The minimum atomic E-state index is -3.81. The molecule has 1 aliphatic heterocycles. The summed E-state index contributed by atoms with van der Waals surface area (Å²) >= 11 is 0. The molecule has 1 unspecified atom stereocenters. The first-order valence-electron chi connectivity index (χ1n) is 6.93. The smallest absolute Gasteiger partial charge is 0.251 e. The third kappa shape index (κ3) is 4.03. The van der Waals surface area contributed by atoms with Crippen LogP contribution in [0.15, 0.2) is 23.1 Å². The lowest BCUT2D eigenvalue weighted by molar-refractivity contribution is 0.0944. The number of primary sulfonamides is 1. The summed E-state index contributed by atoms with van der Waals surface area (Å²) in [5, 5.41) is 7.95. The zero-order chi connectivity index (χ0) is 15.5. The topological polar surface area (TPSA) is 98.5 Å². The number of sulfonamides is 1. The number of carbonyl (C=O) groups is 1. The van der Waals surface area contributed by atoms with Gasteiger partial charge in [-0.25, -0.2) is 13.6 Å². The number of nitrogens with one attached hydrogen (secondary N) is 1. The number of aryl methyl sites for hydroxylation is 1. The van der Waals surface area contributed by atoms with Crippen LogP contribution in [-0.2, 0) is 21.2 Å². The van der Waals surface area contributed by atoms with Crippen molar-refractivity contribution in [2.75, 3.05) is 19.8 Å². The summed E-state index contributed by atoms with van der Waals surface area (Å²) in [6, 6.07) is 4.40. The first-order valence-corrected chi connectivity index (χ1v) is 8.48. The Morgan fingerprint density at radius 3 is 2.81 bits per heavy atom. The van der Waals surface area contributed by atoms with E-state index in [2.05, 4.69) is 5.32 Å². The van der Waals surface area contributed by atoms with E-state index in [9.17, 15) is 13.2 Å². The predicted molar refractivity (Wildman–Crippen MR) is 78.5 cm³/mol. The Kier molecular flexibility index (Phi) is 4.97. The van der Waals surface area contributed by atoms with Crippen LogP contribution in [0.5, 0.6) is 0 Å². The summed E-state index contributed by atoms with van der Waals surface area (Å²) in [5.41, 5.74) is 1.16. The van der Waals surface area contributed by atoms with E-state index < -0.39 is 10.0 Å². The minimum Gasteiger partial charge on any atom is -0.381 e. The largest absolute Gasteiger partial charge is 0.381 e. The van der Waals surface area contributed by atoms with Gasteiger partial charge in [-0.05, 0) is 30.5 Å². The lowest BCUT2D eigenvalue weighted by Crippen LogP contribution is -2.30. The summed E-state index contributed by atoms with van der Waals surface area (Å²) in [6.07, 6.45) is 1.57. The second-order valence-electron chi connectivity index (χ2n) is 5.16. The molecule has 0 aromatic heterocycles. The van der Waals surface area contributed by atoms with E-state index in [0.29, 0.717) is 31.1 Å². The molecule has 1 heterocycles. The Balaban J connectivity index is 2.17. The van der Waals surface area contributed by atoms with Crippen molar-refractivity contribution in [1.29, 1.82) is 0 Å². The van der Waals surface area contributed by atoms with Gasteiger partial charge in [0.25, 0.3) is 5.91 Å². The zero-order valence-electron chi connectivity index (χ0n) is 12.0. The van der Waals surface area contributed by atoms with Crippen molar-refractivity contribution < 1.29 is 17.9 Å². The van der Waals surface area contributed by atoms with E-state index in [1.807, 2.05) is 6.92 Å². The highest BCUT2D eigenvalue weighted by Crippen LogP contribution is 2.17. The maximum Gasteiger partial charge on any atom is 0.251 e. The lowest BCUT2D eigenvalue weighted by Gasteiger charge is -2.12. The highest BCUT2D eigenvalue weighted by Gasteiger charge is 2.19. The van der Waals surface area contributed by atoms with Gasteiger partial charge in [0.05, 0.1) is 11.5 Å². The fraction of sp³-hybridized carbons (Fsp3) is 0.500. The molecule has 0 radical (unpaired) electrons. The maximum atomic E-state index is 12.3. The van der Waals surface area contributed by atoms with E-state index in [1.165, 1.54) is 12.1 Å². The van der Waals surface area contributed by atoms with Crippen LogP contribution in [-0.4, -0.2) is 34.1 Å². The van der Waals surface area contributed by atoms with Crippen molar-refractivity contribution in [1.82, 2.24) is 5.32 Å². The van der Waals surface area contributed by atoms with Crippen molar-refractivity contribution in [2.24, 2.45) is 11.1 Å². The van der Waals surface area contributed by atoms with Crippen LogP contribution >= 0.6 is 0 Å². The summed E-state index contributed by atoms with van der Waals surface area (Å²) < 4.78 is 28.1. The van der Waals surface area contributed by atoms with Gasteiger partial charge >= 0.3 is 0 Å². The molecule has 0 spiro atoms. The van der Waals surface area contributed by atoms with Gasteiger partial charge in [0, 0.05) is 24.6 Å². The summed E-state index contributed by atoms with van der Waals surface area (Å²) in [6.45, 7) is 3.81. The van der Waals surface area contributed by atoms with E-state index in [-0.39, 0.29) is 10.8 Å². The van der Waals surface area contributed by atoms with Crippen LogP contribution in [0.4, 0.5) is 0 Å². The second-order valence-corrected chi connectivity index (χ2v) is 6.72. The van der Waals surface area contributed by atoms with E-state index in [4.69, 9.17) is 9.88 Å². The van der Waals surface area contributed by atoms with Crippen LogP contribution in [0.3, 0.4) is 0 Å². The molecule has 2 rings (SSSR count). The van der Waals surface area contributed by atoms with Crippen molar-refractivity contribution in [2.45, 2.75) is 24.7 Å². The molecule has 3 N–H and O–H groups in total. The number of hydrogen-bond donors (Lipinski definition) is 2. The van der Waals surface area contributed by atoms with E-state index in [1.54, 1.807) is 6.07 Å². The van der Waals surface area contributed by atoms with Gasteiger partial charge in [-0.3, -0.25) is 4.79 Å². The van der Waals surface area contributed by atoms with Gasteiger partial charge < -0.3 is 10.1 Å². The highest BCUT2D eigenvalue weighted by molar-refractivity contribution is 7.89. The molecule has 0 saturated carbocycles. The fourth-order valence-corrected chi connectivity index (χ4v) is 2.87. The molecule has 7 heteroatoms. The molecule has 0 aliphatic carbocycles. The quantitative estimate of drug-likeness (QED) is 0.834. The Hall–Kier alpha value is -1.44. The standard InChI is InChI=1S/C14H20N2O4S/c1-2-11-3-4-12(21(15,18)19)7-13(11)14(17)16-8-10-5-6-20-9-10/h3-4,7,10H,2,5-6,8-9H2,1H3,(H,16,17)(H2,15,18,19). The van der Waals surface area contributed by atoms with Gasteiger partial charge in [-0.1, -0.05) is 13.0 Å². The van der Waals surface area contributed by atoms with Gasteiger partial charge in [-0.15, -0.1) is 0 Å². The number of ether oxygens (including phenoxy) is 1. The summed E-state index contributed by atoms with van der Waals surface area (Å²) in [5.74, 6) is 0.0460. The van der Waals surface area contributed by atoms with Crippen LogP contribution in [0.1, 0.15) is 29.3 Å². The SMILES string of the molecule is CCc1ccc(S(N)(=O)=O)cc1C(=O)NCC1CCOC1. The molecule has 1 atom stereocenters. The molecule has 1 fully saturated rings. The number of rotatable bonds is 5. The zero-order valence-corrected chi connectivity index (χ0v) is 12.8. The maximum absolute atomic E-state index is 12.3. The Bertz CT molecular complexity index is 622. The molecule has 1 saturated heterocycles. The predicted octanol–water partition coefficient (Wildman–Crippen LogP) is 0.663. The van der Waals surface area contributed by atoms with Gasteiger partial charge in [-0.2, -0.15) is 0 Å². The number of hydrogen-bond acceptors (Lipinski definition) is 4. The average Bonchev–Trinajstić information content (AvgIpc) is 2.96. The van der Waals surface area contributed by atoms with Gasteiger partial charge in [0.1, 0.15) is 0 Å². The molecule has 1 aromatic carbocycles. The van der Waals surface area contributed by atoms with Crippen molar-refractivity contribution in [3.05, 3.63) is 29.3 Å². The van der Waals surface area contributed by atoms with E-state index >= 15 is 0 Å². The second kappa shape index (κ2) is 6.55. The molecular weight excluding hydrogens is 292 g/mol. The number of amides is 1. The fourth-order valence-electron chi connectivity index (χ4n) is 2.33. The number of benzene rings is 1.